The third-order valence-corrected chi connectivity index (χ3v) is 5.38. The largest absolute Gasteiger partial charge is 0.465 e. The van der Waals surface area contributed by atoms with Gasteiger partial charge in [0.25, 0.3) is 0 Å². The lowest BCUT2D eigenvalue weighted by molar-refractivity contribution is 0.0429. The van der Waals surface area contributed by atoms with E-state index >= 15 is 0 Å². The van der Waals surface area contributed by atoms with Crippen LogP contribution >= 0.6 is 0 Å². The number of pyridine rings is 1. The standard InChI is InChI=1S/C26H31N7O6/c1-25(2,3)38-23(36)33(24(37)39-26(4,5)6)21-19(20-29-18-9-7-8-12-32(18)30-20)28-17(15-27-21)16-10-13-31(14-11-16)22(34)35/h7-10,12,15H,11,13-14H2,1-6H3,(H,34,35). The molecule has 0 aliphatic carbocycles. The number of carbonyl (C=O) groups excluding carboxylic acids is 2. The number of aromatic nitrogens is 5. The highest BCUT2D eigenvalue weighted by atomic mass is 16.6. The highest BCUT2D eigenvalue weighted by Crippen LogP contribution is 2.31. The van der Waals surface area contributed by atoms with Crippen LogP contribution < -0.4 is 4.90 Å². The third-order valence-electron chi connectivity index (χ3n) is 5.38. The Balaban J connectivity index is 1.87. The summed E-state index contributed by atoms with van der Waals surface area (Å²) >= 11 is 0. The summed E-state index contributed by atoms with van der Waals surface area (Å²) in [4.78, 5) is 53.7. The summed E-state index contributed by atoms with van der Waals surface area (Å²) in [5.41, 5.74) is -0.0802. The molecule has 13 nitrogen and oxygen atoms in total. The van der Waals surface area contributed by atoms with E-state index in [1.54, 1.807) is 72.0 Å². The summed E-state index contributed by atoms with van der Waals surface area (Å²) in [5.74, 6) is -0.0482. The first-order valence-corrected chi connectivity index (χ1v) is 12.3. The van der Waals surface area contributed by atoms with Gasteiger partial charge in [-0.1, -0.05) is 12.1 Å². The Morgan fingerprint density at radius 1 is 1.00 bits per heavy atom. The lowest BCUT2D eigenvalue weighted by Gasteiger charge is -2.28. The number of fused-ring (bicyclic) bond motifs is 1. The van der Waals surface area contributed by atoms with Gasteiger partial charge >= 0.3 is 18.3 Å². The minimum atomic E-state index is -1.01. The molecule has 206 valence electrons. The zero-order chi connectivity index (χ0) is 28.5. The van der Waals surface area contributed by atoms with E-state index in [1.807, 2.05) is 0 Å². The van der Waals surface area contributed by atoms with Crippen LogP contribution in [0.15, 0.2) is 36.7 Å². The van der Waals surface area contributed by atoms with Gasteiger partial charge in [-0.2, -0.15) is 4.90 Å². The van der Waals surface area contributed by atoms with E-state index in [4.69, 9.17) is 14.5 Å². The fourth-order valence-corrected chi connectivity index (χ4v) is 3.72. The van der Waals surface area contributed by atoms with Crippen LogP contribution in [0.3, 0.4) is 0 Å². The molecular formula is C26H31N7O6. The van der Waals surface area contributed by atoms with Crippen molar-refractivity contribution in [1.29, 1.82) is 0 Å². The van der Waals surface area contributed by atoms with Gasteiger partial charge in [0.2, 0.25) is 5.82 Å². The molecule has 0 saturated carbocycles. The minimum Gasteiger partial charge on any atom is -0.465 e. The second-order valence-corrected chi connectivity index (χ2v) is 10.9. The maximum atomic E-state index is 13.3. The van der Waals surface area contributed by atoms with Crippen molar-refractivity contribution in [3.8, 4) is 11.5 Å². The van der Waals surface area contributed by atoms with Crippen LogP contribution in [0.2, 0.25) is 0 Å². The topological polar surface area (TPSA) is 152 Å². The Bertz CT molecular complexity index is 1390. The second kappa shape index (κ2) is 10.3. The maximum Gasteiger partial charge on any atom is 0.425 e. The van der Waals surface area contributed by atoms with Gasteiger partial charge in [0.1, 0.15) is 11.2 Å². The van der Waals surface area contributed by atoms with E-state index < -0.39 is 29.5 Å². The Morgan fingerprint density at radius 3 is 2.21 bits per heavy atom. The van der Waals surface area contributed by atoms with E-state index in [0.29, 0.717) is 22.7 Å². The van der Waals surface area contributed by atoms with Crippen molar-refractivity contribution in [1.82, 2.24) is 29.5 Å². The molecule has 4 heterocycles. The molecule has 39 heavy (non-hydrogen) atoms. The zero-order valence-corrected chi connectivity index (χ0v) is 22.7. The fourth-order valence-electron chi connectivity index (χ4n) is 3.72. The highest BCUT2D eigenvalue weighted by Gasteiger charge is 2.37. The van der Waals surface area contributed by atoms with Gasteiger partial charge in [0.15, 0.2) is 17.2 Å². The summed E-state index contributed by atoms with van der Waals surface area (Å²) in [6.07, 6.45) is 2.26. The Morgan fingerprint density at radius 2 is 1.67 bits per heavy atom. The molecule has 13 heteroatoms. The van der Waals surface area contributed by atoms with Crippen molar-refractivity contribution >= 4 is 35.3 Å². The van der Waals surface area contributed by atoms with Gasteiger partial charge in [-0.15, -0.1) is 5.10 Å². The van der Waals surface area contributed by atoms with E-state index in [0.717, 1.165) is 5.57 Å². The number of carbonyl (C=O) groups is 3. The SMILES string of the molecule is CC(C)(C)OC(=O)N(C(=O)OC(C)(C)C)c1ncc(C2=CCN(C(=O)O)CC2)nc1-c1nc2ccccn2n1. The van der Waals surface area contributed by atoms with Gasteiger partial charge in [0.05, 0.1) is 11.9 Å². The number of rotatable bonds is 3. The number of hydrogen-bond donors (Lipinski definition) is 1. The molecule has 0 atom stereocenters. The molecule has 0 spiro atoms. The summed E-state index contributed by atoms with van der Waals surface area (Å²) in [6.45, 7) is 10.5. The monoisotopic (exact) mass is 537 g/mol. The predicted octanol–water partition coefficient (Wildman–Crippen LogP) is 4.63. The number of ether oxygens (including phenoxy) is 2. The average Bonchev–Trinajstić information content (AvgIpc) is 3.26. The quantitative estimate of drug-likeness (QED) is 0.500. The maximum absolute atomic E-state index is 13.3. The molecule has 0 saturated heterocycles. The number of nitrogens with zero attached hydrogens (tertiary/aromatic N) is 7. The molecule has 3 aromatic heterocycles. The fraction of sp³-hybridized carbons (Fsp3) is 0.423. The molecule has 3 aromatic rings. The minimum absolute atomic E-state index is 0.0504. The summed E-state index contributed by atoms with van der Waals surface area (Å²) < 4.78 is 12.6. The first-order valence-electron chi connectivity index (χ1n) is 12.3. The van der Waals surface area contributed by atoms with Crippen molar-refractivity contribution in [3.63, 3.8) is 0 Å². The van der Waals surface area contributed by atoms with Gasteiger partial charge in [-0.3, -0.25) is 0 Å². The predicted molar refractivity (Wildman–Crippen MR) is 141 cm³/mol. The number of carboxylic acid groups (broad SMARTS) is 1. The van der Waals surface area contributed by atoms with Crippen LogP contribution in [0.25, 0.3) is 22.7 Å². The van der Waals surface area contributed by atoms with Crippen LogP contribution in [0.1, 0.15) is 53.7 Å². The van der Waals surface area contributed by atoms with Crippen LogP contribution in [0, 0.1) is 0 Å². The first-order chi connectivity index (χ1) is 18.2. The molecule has 0 unspecified atom stereocenters. The van der Waals surface area contributed by atoms with Crippen LogP contribution in [-0.2, 0) is 9.47 Å². The van der Waals surface area contributed by atoms with Gasteiger partial charge in [-0.25, -0.2) is 33.9 Å². The van der Waals surface area contributed by atoms with Gasteiger partial charge < -0.3 is 19.5 Å². The molecule has 0 bridgehead atoms. The number of hydrogen-bond acceptors (Lipinski definition) is 9. The normalized spacial score (nSPS) is 14.1. The van der Waals surface area contributed by atoms with E-state index in [-0.39, 0.29) is 30.4 Å². The molecule has 1 aliphatic rings. The average molecular weight is 538 g/mol. The summed E-state index contributed by atoms with van der Waals surface area (Å²) in [7, 11) is 0. The van der Waals surface area contributed by atoms with Crippen LogP contribution in [0.4, 0.5) is 20.2 Å². The van der Waals surface area contributed by atoms with Gasteiger partial charge in [0, 0.05) is 19.3 Å². The van der Waals surface area contributed by atoms with Crippen LogP contribution in [0.5, 0.6) is 0 Å². The van der Waals surface area contributed by atoms with Crippen LogP contribution in [-0.4, -0.2) is 77.1 Å². The molecular weight excluding hydrogens is 506 g/mol. The van der Waals surface area contributed by atoms with Gasteiger partial charge in [-0.05, 0) is 65.7 Å². The van der Waals surface area contributed by atoms with Crippen molar-refractivity contribution in [2.24, 2.45) is 0 Å². The number of anilines is 1. The molecule has 1 N–H and O–H groups in total. The number of imide groups is 1. The molecule has 0 radical (unpaired) electrons. The summed E-state index contributed by atoms with van der Waals surface area (Å²) in [6, 6.07) is 5.33. The zero-order valence-electron chi connectivity index (χ0n) is 22.7. The molecule has 1 aliphatic heterocycles. The second-order valence-electron chi connectivity index (χ2n) is 10.9. The smallest absolute Gasteiger partial charge is 0.425 e. The highest BCUT2D eigenvalue weighted by molar-refractivity contribution is 6.10. The van der Waals surface area contributed by atoms with E-state index in [9.17, 15) is 19.5 Å². The molecule has 0 aromatic carbocycles. The van der Waals surface area contributed by atoms with Crippen molar-refractivity contribution in [3.05, 3.63) is 42.4 Å². The molecule has 4 rings (SSSR count). The third kappa shape index (κ3) is 6.48. The van der Waals surface area contributed by atoms with E-state index in [1.165, 1.54) is 15.6 Å². The molecule has 0 fully saturated rings. The number of amides is 3. The Kier molecular flexibility index (Phi) is 7.27. The van der Waals surface area contributed by atoms with Crippen molar-refractivity contribution in [2.75, 3.05) is 18.0 Å². The Hall–Kier alpha value is -4.55. The van der Waals surface area contributed by atoms with Crippen molar-refractivity contribution < 1.29 is 29.0 Å². The van der Waals surface area contributed by atoms with E-state index in [2.05, 4.69) is 15.1 Å². The lowest BCUT2D eigenvalue weighted by atomic mass is 10.1. The first kappa shape index (κ1) is 27.5. The van der Waals surface area contributed by atoms with Crippen molar-refractivity contribution in [2.45, 2.75) is 59.2 Å². The summed E-state index contributed by atoms with van der Waals surface area (Å²) in [5, 5.41) is 13.8. The Labute approximate surface area is 225 Å². The molecule has 3 amide bonds. The lowest BCUT2D eigenvalue weighted by Crippen LogP contribution is -2.44.